The Morgan fingerprint density at radius 2 is 1.75 bits per heavy atom. The molecule has 6 heteroatoms. The molecule has 1 saturated heterocycles. The third-order valence-electron chi connectivity index (χ3n) is 5.11. The van der Waals surface area contributed by atoms with Gasteiger partial charge < -0.3 is 20.1 Å². The summed E-state index contributed by atoms with van der Waals surface area (Å²) in [5.74, 6) is 0.610. The van der Waals surface area contributed by atoms with Crippen molar-refractivity contribution in [1.29, 1.82) is 0 Å². The van der Waals surface area contributed by atoms with Crippen LogP contribution in [0.25, 0.3) is 11.1 Å². The Hall–Kier alpha value is -2.08. The smallest absolute Gasteiger partial charge is 0.257 e. The number of ether oxygens (including phenoxy) is 2. The van der Waals surface area contributed by atoms with Crippen LogP contribution in [-0.2, 0) is 9.53 Å². The second-order valence-electron chi connectivity index (χ2n) is 7.11. The largest absolute Gasteiger partial charge is 0.483 e. The van der Waals surface area contributed by atoms with E-state index in [1.807, 2.05) is 54.6 Å². The Morgan fingerprint density at radius 1 is 1.07 bits per heavy atom. The monoisotopic (exact) mass is 404 g/mol. The SMILES string of the molecule is COCC1(CNC(=O)COc2ccccc2-c2ccccc2)CCNCC1.Cl. The van der Waals surface area contributed by atoms with E-state index in [0.717, 1.165) is 37.1 Å². The van der Waals surface area contributed by atoms with Crippen molar-refractivity contribution in [2.45, 2.75) is 12.8 Å². The van der Waals surface area contributed by atoms with E-state index in [4.69, 9.17) is 9.47 Å². The number of carbonyl (C=O) groups excluding carboxylic acids is 1. The summed E-state index contributed by atoms with van der Waals surface area (Å²) in [5.41, 5.74) is 2.07. The predicted octanol–water partition coefficient (Wildman–Crippen LogP) is 3.29. The number of amides is 1. The van der Waals surface area contributed by atoms with Gasteiger partial charge in [-0.05, 0) is 37.6 Å². The van der Waals surface area contributed by atoms with E-state index in [1.165, 1.54) is 0 Å². The summed E-state index contributed by atoms with van der Waals surface area (Å²) in [6.07, 6.45) is 2.00. The average Bonchev–Trinajstić information content (AvgIpc) is 2.73. The number of benzene rings is 2. The number of hydrogen-bond acceptors (Lipinski definition) is 4. The van der Waals surface area contributed by atoms with Crippen molar-refractivity contribution < 1.29 is 14.3 Å². The lowest BCUT2D eigenvalue weighted by atomic mass is 9.79. The van der Waals surface area contributed by atoms with Crippen LogP contribution in [0.2, 0.25) is 0 Å². The molecule has 0 radical (unpaired) electrons. The molecule has 28 heavy (non-hydrogen) atoms. The van der Waals surface area contributed by atoms with Crippen LogP contribution in [0.1, 0.15) is 12.8 Å². The summed E-state index contributed by atoms with van der Waals surface area (Å²) < 4.78 is 11.2. The highest BCUT2D eigenvalue weighted by Gasteiger charge is 2.32. The fraction of sp³-hybridized carbons (Fsp3) is 0.409. The topological polar surface area (TPSA) is 59.6 Å². The maximum atomic E-state index is 12.4. The molecule has 2 aromatic carbocycles. The molecule has 2 aromatic rings. The van der Waals surface area contributed by atoms with Crippen molar-refractivity contribution in [1.82, 2.24) is 10.6 Å². The zero-order chi connectivity index (χ0) is 19.0. The molecule has 2 N–H and O–H groups in total. The van der Waals surface area contributed by atoms with Crippen LogP contribution in [0, 0.1) is 5.41 Å². The average molecular weight is 405 g/mol. The Labute approximate surface area is 173 Å². The quantitative estimate of drug-likeness (QED) is 0.708. The second kappa shape index (κ2) is 11.1. The first-order valence-electron chi connectivity index (χ1n) is 9.46. The highest BCUT2D eigenvalue weighted by Crippen LogP contribution is 2.30. The van der Waals surface area contributed by atoms with Crippen LogP contribution in [0.15, 0.2) is 54.6 Å². The molecule has 1 aliphatic heterocycles. The van der Waals surface area contributed by atoms with Crippen LogP contribution in [0.4, 0.5) is 0 Å². The number of para-hydroxylation sites is 1. The standard InChI is InChI=1S/C22H28N2O3.ClH/c1-26-17-22(11-13-23-14-12-22)16-24-21(25)15-27-20-10-6-5-9-19(20)18-7-3-2-4-8-18;/h2-10,23H,11-17H2,1H3,(H,24,25);1H. The van der Waals surface area contributed by atoms with Gasteiger partial charge in [0.2, 0.25) is 0 Å². The maximum absolute atomic E-state index is 12.4. The molecule has 0 bridgehead atoms. The van der Waals surface area contributed by atoms with Crippen LogP contribution in [0.5, 0.6) is 5.75 Å². The Morgan fingerprint density at radius 3 is 2.46 bits per heavy atom. The molecular weight excluding hydrogens is 376 g/mol. The van der Waals surface area contributed by atoms with Gasteiger partial charge in [0.25, 0.3) is 5.91 Å². The number of rotatable bonds is 8. The minimum Gasteiger partial charge on any atom is -0.483 e. The summed E-state index contributed by atoms with van der Waals surface area (Å²) in [7, 11) is 1.72. The van der Waals surface area contributed by atoms with Gasteiger partial charge in [-0.15, -0.1) is 12.4 Å². The van der Waals surface area contributed by atoms with E-state index < -0.39 is 0 Å². The number of carbonyl (C=O) groups is 1. The molecule has 1 heterocycles. The molecule has 0 spiro atoms. The Kier molecular flexibility index (Phi) is 8.77. The molecule has 152 valence electrons. The van der Waals surface area contributed by atoms with Crippen molar-refractivity contribution in [3.05, 3.63) is 54.6 Å². The molecule has 5 nitrogen and oxygen atoms in total. The first kappa shape index (κ1) is 22.2. The minimum atomic E-state index is -0.105. The van der Waals surface area contributed by atoms with Gasteiger partial charge in [0.05, 0.1) is 6.61 Å². The summed E-state index contributed by atoms with van der Waals surface area (Å²) in [4.78, 5) is 12.4. The first-order valence-corrected chi connectivity index (χ1v) is 9.46. The lowest BCUT2D eigenvalue weighted by Gasteiger charge is -2.37. The number of halogens is 1. The molecule has 0 aliphatic carbocycles. The zero-order valence-electron chi connectivity index (χ0n) is 16.3. The van der Waals surface area contributed by atoms with E-state index >= 15 is 0 Å². The second-order valence-corrected chi connectivity index (χ2v) is 7.11. The molecule has 1 fully saturated rings. The maximum Gasteiger partial charge on any atom is 0.257 e. The van der Waals surface area contributed by atoms with Gasteiger partial charge in [-0.25, -0.2) is 0 Å². The van der Waals surface area contributed by atoms with E-state index in [0.29, 0.717) is 18.9 Å². The number of hydrogen-bond donors (Lipinski definition) is 2. The normalized spacial score (nSPS) is 15.3. The van der Waals surface area contributed by atoms with Gasteiger partial charge >= 0.3 is 0 Å². The third-order valence-corrected chi connectivity index (χ3v) is 5.11. The summed E-state index contributed by atoms with van der Waals surface area (Å²) >= 11 is 0. The Balaban J connectivity index is 0.00000280. The molecule has 0 saturated carbocycles. The van der Waals surface area contributed by atoms with Crippen molar-refractivity contribution in [2.24, 2.45) is 5.41 Å². The third kappa shape index (κ3) is 5.96. The van der Waals surface area contributed by atoms with Gasteiger partial charge in [-0.1, -0.05) is 48.5 Å². The Bertz CT molecular complexity index is 728. The number of piperidine rings is 1. The molecule has 0 aromatic heterocycles. The van der Waals surface area contributed by atoms with Crippen molar-refractivity contribution >= 4 is 18.3 Å². The predicted molar refractivity (Wildman–Crippen MR) is 114 cm³/mol. The van der Waals surface area contributed by atoms with Crippen LogP contribution in [0.3, 0.4) is 0 Å². The molecule has 1 amide bonds. The fourth-order valence-electron chi connectivity index (χ4n) is 3.56. The summed E-state index contributed by atoms with van der Waals surface area (Å²) in [5, 5.41) is 6.40. The lowest BCUT2D eigenvalue weighted by Crippen LogP contribution is -2.47. The highest BCUT2D eigenvalue weighted by molar-refractivity contribution is 5.85. The molecular formula is C22H29ClN2O3. The number of methoxy groups -OCH3 is 1. The van der Waals surface area contributed by atoms with Crippen molar-refractivity contribution in [3.8, 4) is 16.9 Å². The van der Waals surface area contributed by atoms with Crippen molar-refractivity contribution in [3.63, 3.8) is 0 Å². The van der Waals surface area contributed by atoms with Gasteiger partial charge in [-0.2, -0.15) is 0 Å². The van der Waals surface area contributed by atoms with Gasteiger partial charge in [0, 0.05) is 24.6 Å². The van der Waals surface area contributed by atoms with Crippen LogP contribution < -0.4 is 15.4 Å². The van der Waals surface area contributed by atoms with E-state index in [2.05, 4.69) is 10.6 Å². The van der Waals surface area contributed by atoms with E-state index in [-0.39, 0.29) is 30.3 Å². The number of nitrogens with one attached hydrogen (secondary N) is 2. The summed E-state index contributed by atoms with van der Waals surface area (Å²) in [6.45, 7) is 3.20. The first-order chi connectivity index (χ1) is 13.2. The molecule has 0 atom stereocenters. The highest BCUT2D eigenvalue weighted by atomic mass is 35.5. The summed E-state index contributed by atoms with van der Waals surface area (Å²) in [6, 6.07) is 17.8. The van der Waals surface area contributed by atoms with Crippen molar-refractivity contribution in [2.75, 3.05) is 40.0 Å². The lowest BCUT2D eigenvalue weighted by molar-refractivity contribution is -0.124. The molecule has 1 aliphatic rings. The van der Waals surface area contributed by atoms with E-state index in [9.17, 15) is 4.79 Å². The van der Waals surface area contributed by atoms with E-state index in [1.54, 1.807) is 7.11 Å². The molecule has 3 rings (SSSR count). The zero-order valence-corrected chi connectivity index (χ0v) is 17.1. The minimum absolute atomic E-state index is 0. The van der Waals surface area contributed by atoms with Gasteiger partial charge in [-0.3, -0.25) is 4.79 Å². The van der Waals surface area contributed by atoms with Gasteiger partial charge in [0.1, 0.15) is 5.75 Å². The van der Waals surface area contributed by atoms with Gasteiger partial charge in [0.15, 0.2) is 6.61 Å². The van der Waals surface area contributed by atoms with Crippen LogP contribution in [-0.4, -0.2) is 45.9 Å². The fourth-order valence-corrected chi connectivity index (χ4v) is 3.56. The van der Waals surface area contributed by atoms with Crippen LogP contribution >= 0.6 is 12.4 Å². The molecule has 0 unspecified atom stereocenters.